The Bertz CT molecular complexity index is 1180. The van der Waals surface area contributed by atoms with Crippen LogP contribution in [0.4, 0.5) is 11.6 Å². The van der Waals surface area contributed by atoms with Crippen molar-refractivity contribution in [1.82, 2.24) is 19.5 Å². The fourth-order valence-corrected chi connectivity index (χ4v) is 5.40. The molecule has 1 fully saturated rings. The third kappa shape index (κ3) is 4.95. The molecule has 2 N–H and O–H groups in total. The molecule has 2 bridgehead atoms. The molecule has 0 amide bonds. The molecule has 4 heterocycles. The molecule has 2 aliphatic rings. The van der Waals surface area contributed by atoms with Crippen molar-refractivity contribution in [3.63, 3.8) is 0 Å². The zero-order valence-electron chi connectivity index (χ0n) is 21.6. The van der Waals surface area contributed by atoms with Crippen molar-refractivity contribution >= 4 is 17.3 Å². The minimum absolute atomic E-state index is 0.178. The lowest BCUT2D eigenvalue weighted by molar-refractivity contribution is 0.219. The standard InChI is InChI=1S/C27H39N7O/c1-5-23-22-15-26-29-25(33-12-10-21(28)18-33)16-27(34(26)30-22)31(3)11-6-7-13-35-24-9-8-19(2)14-20(24)17-32(23)4/h8-9,14-16,21,23H,5-7,10-13,17-18,28H2,1-4H3. The van der Waals surface area contributed by atoms with Crippen LogP contribution in [0.1, 0.15) is 55.5 Å². The Morgan fingerprint density at radius 1 is 1.11 bits per heavy atom. The number of aromatic nitrogens is 3. The molecule has 35 heavy (non-hydrogen) atoms. The van der Waals surface area contributed by atoms with Crippen LogP contribution in [0.3, 0.4) is 0 Å². The Hall–Kier alpha value is -2.84. The van der Waals surface area contributed by atoms with E-state index >= 15 is 0 Å². The second-order valence-electron chi connectivity index (χ2n) is 10.2. The van der Waals surface area contributed by atoms with E-state index in [0.29, 0.717) is 0 Å². The van der Waals surface area contributed by atoms with E-state index in [1.165, 1.54) is 11.1 Å². The Labute approximate surface area is 208 Å². The maximum absolute atomic E-state index is 6.26. The number of benzene rings is 1. The van der Waals surface area contributed by atoms with Gasteiger partial charge in [0.1, 0.15) is 17.4 Å². The number of rotatable bonds is 2. The minimum atomic E-state index is 0.178. The maximum Gasteiger partial charge on any atom is 0.160 e. The molecular weight excluding hydrogens is 438 g/mol. The highest BCUT2D eigenvalue weighted by Crippen LogP contribution is 2.31. The first kappa shape index (κ1) is 23.9. The molecule has 0 saturated carbocycles. The van der Waals surface area contributed by atoms with Gasteiger partial charge in [0.15, 0.2) is 5.65 Å². The Balaban J connectivity index is 1.57. The van der Waals surface area contributed by atoms with Gasteiger partial charge >= 0.3 is 0 Å². The van der Waals surface area contributed by atoms with Crippen molar-refractivity contribution in [3.05, 3.63) is 47.2 Å². The van der Waals surface area contributed by atoms with Gasteiger partial charge in [0, 0.05) is 57.0 Å². The van der Waals surface area contributed by atoms with E-state index in [-0.39, 0.29) is 12.1 Å². The first-order chi connectivity index (χ1) is 16.9. The molecule has 2 aliphatic heterocycles. The van der Waals surface area contributed by atoms with Crippen LogP contribution in [0, 0.1) is 6.92 Å². The molecule has 2 atom stereocenters. The number of nitrogens with zero attached hydrogens (tertiary/aromatic N) is 6. The van der Waals surface area contributed by atoms with E-state index in [2.05, 4.69) is 73.0 Å². The van der Waals surface area contributed by atoms with Gasteiger partial charge in [-0.15, -0.1) is 0 Å². The van der Waals surface area contributed by atoms with Crippen LogP contribution in [-0.4, -0.2) is 65.9 Å². The minimum Gasteiger partial charge on any atom is -0.493 e. The summed E-state index contributed by atoms with van der Waals surface area (Å²) < 4.78 is 8.29. The molecule has 8 heteroatoms. The van der Waals surface area contributed by atoms with Crippen molar-refractivity contribution in [3.8, 4) is 5.75 Å². The highest BCUT2D eigenvalue weighted by Gasteiger charge is 2.25. The Morgan fingerprint density at radius 3 is 2.74 bits per heavy atom. The Kier molecular flexibility index (Phi) is 6.84. The normalized spacial score (nSPS) is 22.2. The predicted octanol–water partition coefficient (Wildman–Crippen LogP) is 3.77. The van der Waals surface area contributed by atoms with Gasteiger partial charge in [0.05, 0.1) is 18.3 Å². The van der Waals surface area contributed by atoms with E-state index in [9.17, 15) is 0 Å². The van der Waals surface area contributed by atoms with Crippen molar-refractivity contribution in [2.24, 2.45) is 5.73 Å². The van der Waals surface area contributed by atoms with Crippen LogP contribution in [0.15, 0.2) is 30.3 Å². The van der Waals surface area contributed by atoms with E-state index in [4.69, 9.17) is 20.6 Å². The van der Waals surface area contributed by atoms with Gasteiger partial charge in [-0.1, -0.05) is 24.6 Å². The molecule has 1 saturated heterocycles. The third-order valence-electron chi connectivity index (χ3n) is 7.39. The number of aryl methyl sites for hydroxylation is 1. The summed E-state index contributed by atoms with van der Waals surface area (Å²) in [5, 5.41) is 5.11. The quantitative estimate of drug-likeness (QED) is 0.602. The molecule has 0 aliphatic carbocycles. The lowest BCUT2D eigenvalue weighted by Crippen LogP contribution is -2.28. The average molecular weight is 478 g/mol. The van der Waals surface area contributed by atoms with Gasteiger partial charge in [0.2, 0.25) is 0 Å². The molecule has 2 unspecified atom stereocenters. The van der Waals surface area contributed by atoms with E-state index in [1.807, 2.05) is 4.52 Å². The van der Waals surface area contributed by atoms with Gasteiger partial charge in [0.25, 0.3) is 0 Å². The number of anilines is 2. The molecule has 0 radical (unpaired) electrons. The van der Waals surface area contributed by atoms with Crippen LogP contribution in [-0.2, 0) is 6.54 Å². The van der Waals surface area contributed by atoms with Crippen molar-refractivity contribution in [2.75, 3.05) is 50.1 Å². The lowest BCUT2D eigenvalue weighted by atomic mass is 10.1. The molecule has 3 aromatic rings. The zero-order valence-corrected chi connectivity index (χ0v) is 21.6. The van der Waals surface area contributed by atoms with Gasteiger partial charge in [-0.2, -0.15) is 9.61 Å². The van der Waals surface area contributed by atoms with E-state index in [1.54, 1.807) is 0 Å². The molecule has 5 rings (SSSR count). The molecule has 8 nitrogen and oxygen atoms in total. The fourth-order valence-electron chi connectivity index (χ4n) is 5.40. The molecular formula is C27H39N7O. The lowest BCUT2D eigenvalue weighted by Gasteiger charge is -2.26. The molecule has 0 spiro atoms. The molecule has 188 valence electrons. The van der Waals surface area contributed by atoms with E-state index < -0.39 is 0 Å². The monoisotopic (exact) mass is 477 g/mol. The second kappa shape index (κ2) is 10.0. The van der Waals surface area contributed by atoms with Crippen LogP contribution in [0.2, 0.25) is 0 Å². The zero-order chi connectivity index (χ0) is 24.5. The van der Waals surface area contributed by atoms with Gasteiger partial charge in [-0.05, 0) is 45.7 Å². The number of hydrogen-bond acceptors (Lipinski definition) is 7. The summed E-state index contributed by atoms with van der Waals surface area (Å²) in [4.78, 5) is 12.0. The number of ether oxygens (including phenoxy) is 1. The predicted molar refractivity (Wildman–Crippen MR) is 141 cm³/mol. The fraction of sp³-hybridized carbons (Fsp3) is 0.556. The summed E-state index contributed by atoms with van der Waals surface area (Å²) in [6, 6.07) is 11.2. The molecule has 2 aromatic heterocycles. The van der Waals surface area contributed by atoms with Gasteiger partial charge < -0.3 is 20.3 Å². The van der Waals surface area contributed by atoms with Crippen molar-refractivity contribution in [2.45, 2.75) is 58.2 Å². The summed E-state index contributed by atoms with van der Waals surface area (Å²) >= 11 is 0. The number of nitrogens with two attached hydrogens (primary N) is 1. The van der Waals surface area contributed by atoms with Crippen LogP contribution < -0.4 is 20.3 Å². The van der Waals surface area contributed by atoms with Gasteiger partial charge in [-0.25, -0.2) is 4.98 Å². The maximum atomic E-state index is 6.26. The average Bonchev–Trinajstić information content (AvgIpc) is 3.45. The van der Waals surface area contributed by atoms with Crippen molar-refractivity contribution in [1.29, 1.82) is 0 Å². The number of fused-ring (bicyclic) bond motifs is 2. The SMILES string of the molecule is CCC1c2cc3nc(N4CCC(N)C4)cc(n3n2)N(C)CCCCOc2ccc(C)cc2CN1C. The molecule has 1 aromatic carbocycles. The number of hydrogen-bond donors (Lipinski definition) is 1. The summed E-state index contributed by atoms with van der Waals surface area (Å²) in [5.41, 5.74) is 10.6. The van der Waals surface area contributed by atoms with E-state index in [0.717, 1.165) is 87.2 Å². The summed E-state index contributed by atoms with van der Waals surface area (Å²) in [6.45, 7) is 8.62. The largest absolute Gasteiger partial charge is 0.493 e. The van der Waals surface area contributed by atoms with Crippen LogP contribution in [0.25, 0.3) is 5.65 Å². The second-order valence-corrected chi connectivity index (χ2v) is 10.2. The first-order valence-corrected chi connectivity index (χ1v) is 13.0. The van der Waals surface area contributed by atoms with Crippen molar-refractivity contribution < 1.29 is 4.74 Å². The smallest absolute Gasteiger partial charge is 0.160 e. The topological polar surface area (TPSA) is 75.2 Å². The first-order valence-electron chi connectivity index (χ1n) is 13.0. The third-order valence-corrected chi connectivity index (χ3v) is 7.39. The highest BCUT2D eigenvalue weighted by atomic mass is 16.5. The summed E-state index contributed by atoms with van der Waals surface area (Å²) in [7, 11) is 4.33. The van der Waals surface area contributed by atoms with Gasteiger partial charge in [-0.3, -0.25) is 4.90 Å². The summed E-state index contributed by atoms with van der Waals surface area (Å²) in [6.07, 6.45) is 4.00. The highest BCUT2D eigenvalue weighted by molar-refractivity contribution is 5.60. The van der Waals surface area contributed by atoms with Crippen LogP contribution >= 0.6 is 0 Å². The Morgan fingerprint density at radius 2 is 1.97 bits per heavy atom. The summed E-state index contributed by atoms with van der Waals surface area (Å²) in [5.74, 6) is 3.06. The van der Waals surface area contributed by atoms with Crippen LogP contribution in [0.5, 0.6) is 5.75 Å².